The Bertz CT molecular complexity index is 644. The molecular weight excluding hydrogens is 297 g/mol. The van der Waals surface area contributed by atoms with Gasteiger partial charge in [-0.15, -0.1) is 0 Å². The number of anilines is 1. The van der Waals surface area contributed by atoms with Crippen molar-refractivity contribution in [3.05, 3.63) is 58.1 Å². The molecule has 0 aliphatic rings. The van der Waals surface area contributed by atoms with Crippen molar-refractivity contribution in [3.8, 4) is 5.75 Å². The van der Waals surface area contributed by atoms with Crippen LogP contribution >= 0.6 is 23.2 Å². The second-order valence-corrected chi connectivity index (χ2v) is 5.13. The van der Waals surface area contributed by atoms with E-state index in [0.29, 0.717) is 27.0 Å². The molecule has 0 saturated carbocycles. The van der Waals surface area contributed by atoms with Gasteiger partial charge in [0.15, 0.2) is 6.10 Å². The molecule has 3 nitrogen and oxygen atoms in total. The maximum absolute atomic E-state index is 12.3. The summed E-state index contributed by atoms with van der Waals surface area (Å²) in [6.45, 7) is 1.64. The summed E-state index contributed by atoms with van der Waals surface area (Å²) in [5, 5.41) is 0.792. The first-order valence-corrected chi connectivity index (χ1v) is 6.75. The van der Waals surface area contributed by atoms with Crippen molar-refractivity contribution in [2.75, 3.05) is 5.73 Å². The van der Waals surface area contributed by atoms with Crippen LogP contribution in [0, 0.1) is 0 Å². The summed E-state index contributed by atoms with van der Waals surface area (Å²) < 4.78 is 5.58. The van der Waals surface area contributed by atoms with E-state index < -0.39 is 6.10 Å². The van der Waals surface area contributed by atoms with Gasteiger partial charge >= 0.3 is 0 Å². The van der Waals surface area contributed by atoms with Crippen LogP contribution in [0.3, 0.4) is 0 Å². The molecule has 1 atom stereocenters. The molecule has 0 aliphatic heterocycles. The van der Waals surface area contributed by atoms with Gasteiger partial charge in [-0.05, 0) is 37.3 Å². The van der Waals surface area contributed by atoms with Crippen molar-refractivity contribution >= 4 is 34.7 Å². The van der Waals surface area contributed by atoms with E-state index in [2.05, 4.69) is 0 Å². The number of Topliss-reactive ketones (excluding diaryl/α,β-unsaturated/α-hetero) is 1. The fraction of sp³-hybridized carbons (Fsp3) is 0.133. The van der Waals surface area contributed by atoms with Crippen molar-refractivity contribution in [1.29, 1.82) is 0 Å². The Morgan fingerprint density at radius 1 is 1.20 bits per heavy atom. The predicted molar refractivity (Wildman–Crippen MR) is 81.7 cm³/mol. The Labute approximate surface area is 127 Å². The quantitative estimate of drug-likeness (QED) is 0.679. The number of hydrogen-bond donors (Lipinski definition) is 1. The zero-order chi connectivity index (χ0) is 14.7. The van der Waals surface area contributed by atoms with Gasteiger partial charge < -0.3 is 10.5 Å². The molecule has 0 aromatic heterocycles. The van der Waals surface area contributed by atoms with E-state index in [1.54, 1.807) is 43.3 Å². The minimum absolute atomic E-state index is 0.249. The number of para-hydroxylation sites is 2. The first kappa shape index (κ1) is 14.7. The van der Waals surface area contributed by atoms with E-state index >= 15 is 0 Å². The highest BCUT2D eigenvalue weighted by molar-refractivity contribution is 6.36. The zero-order valence-corrected chi connectivity index (χ0v) is 12.3. The van der Waals surface area contributed by atoms with Crippen LogP contribution in [-0.4, -0.2) is 11.9 Å². The largest absolute Gasteiger partial charge is 0.480 e. The third-order valence-corrected chi connectivity index (χ3v) is 3.35. The number of carbonyl (C=O) groups excluding carboxylic acids is 1. The summed E-state index contributed by atoms with van der Waals surface area (Å²) in [5.74, 6) is 0.215. The lowest BCUT2D eigenvalue weighted by Crippen LogP contribution is -2.24. The molecule has 0 aliphatic carbocycles. The predicted octanol–water partition coefficient (Wildman–Crippen LogP) is 4.23. The molecule has 2 aromatic carbocycles. The molecule has 0 saturated heterocycles. The Balaban J connectivity index is 2.21. The van der Waals surface area contributed by atoms with Gasteiger partial charge in [0.1, 0.15) is 5.75 Å². The van der Waals surface area contributed by atoms with Crippen LogP contribution in [0.2, 0.25) is 10.0 Å². The molecule has 0 amide bonds. The highest BCUT2D eigenvalue weighted by Gasteiger charge is 2.20. The zero-order valence-electron chi connectivity index (χ0n) is 10.8. The molecule has 1 unspecified atom stereocenters. The summed E-state index contributed by atoms with van der Waals surface area (Å²) in [4.78, 5) is 12.3. The molecule has 104 valence electrons. The fourth-order valence-electron chi connectivity index (χ4n) is 1.74. The van der Waals surface area contributed by atoms with Crippen LogP contribution in [0.4, 0.5) is 5.69 Å². The van der Waals surface area contributed by atoms with Crippen LogP contribution in [0.5, 0.6) is 5.75 Å². The Hall–Kier alpha value is -1.71. The highest BCUT2D eigenvalue weighted by atomic mass is 35.5. The fourth-order valence-corrected chi connectivity index (χ4v) is 2.12. The number of halogens is 2. The van der Waals surface area contributed by atoms with E-state index in [0.717, 1.165) is 0 Å². The molecule has 2 aromatic rings. The van der Waals surface area contributed by atoms with Gasteiger partial charge in [-0.2, -0.15) is 0 Å². The monoisotopic (exact) mass is 309 g/mol. The minimum Gasteiger partial charge on any atom is -0.480 e. The van der Waals surface area contributed by atoms with E-state index in [-0.39, 0.29) is 5.78 Å². The van der Waals surface area contributed by atoms with Gasteiger partial charge in [-0.25, -0.2) is 0 Å². The molecule has 0 heterocycles. The first-order chi connectivity index (χ1) is 9.49. The molecule has 5 heteroatoms. The minimum atomic E-state index is -0.712. The number of nitrogens with two attached hydrogens (primary N) is 1. The van der Waals surface area contributed by atoms with E-state index in [1.165, 1.54) is 6.07 Å². The van der Waals surface area contributed by atoms with Crippen LogP contribution < -0.4 is 10.5 Å². The second kappa shape index (κ2) is 6.16. The number of carbonyl (C=O) groups is 1. The Morgan fingerprint density at radius 2 is 1.90 bits per heavy atom. The molecular formula is C15H13Cl2NO2. The van der Waals surface area contributed by atoms with Gasteiger partial charge in [0.2, 0.25) is 5.78 Å². The maximum atomic E-state index is 12.3. The lowest BCUT2D eigenvalue weighted by molar-refractivity contribution is 0.0819. The summed E-state index contributed by atoms with van der Waals surface area (Å²) in [5.41, 5.74) is 6.59. The van der Waals surface area contributed by atoms with Crippen LogP contribution in [0.15, 0.2) is 42.5 Å². The summed E-state index contributed by atoms with van der Waals surface area (Å²) >= 11 is 11.9. The first-order valence-electron chi connectivity index (χ1n) is 5.99. The number of hydrogen-bond acceptors (Lipinski definition) is 3. The van der Waals surface area contributed by atoms with Crippen molar-refractivity contribution < 1.29 is 9.53 Å². The molecule has 0 bridgehead atoms. The third kappa shape index (κ3) is 3.24. The standard InChI is InChI=1S/C15H13Cl2NO2/c1-9(20-14-5-3-2-4-13(14)18)15(19)11-8-10(16)6-7-12(11)17/h2-9H,18H2,1H3. The van der Waals surface area contributed by atoms with Crippen LogP contribution in [0.1, 0.15) is 17.3 Å². The molecule has 20 heavy (non-hydrogen) atoms. The van der Waals surface area contributed by atoms with Gasteiger partial charge in [-0.3, -0.25) is 4.79 Å². The van der Waals surface area contributed by atoms with Crippen molar-refractivity contribution in [2.45, 2.75) is 13.0 Å². The van der Waals surface area contributed by atoms with Gasteiger partial charge in [0, 0.05) is 10.6 Å². The lowest BCUT2D eigenvalue weighted by Gasteiger charge is -2.15. The third-order valence-electron chi connectivity index (χ3n) is 2.79. The molecule has 0 spiro atoms. The summed E-state index contributed by atoms with van der Waals surface area (Å²) in [7, 11) is 0. The van der Waals surface area contributed by atoms with E-state index in [4.69, 9.17) is 33.7 Å². The number of ketones is 1. The SMILES string of the molecule is CC(Oc1ccccc1N)C(=O)c1cc(Cl)ccc1Cl. The normalized spacial score (nSPS) is 11.9. The van der Waals surface area contributed by atoms with Crippen molar-refractivity contribution in [1.82, 2.24) is 0 Å². The lowest BCUT2D eigenvalue weighted by atomic mass is 10.1. The molecule has 2 N–H and O–H groups in total. The van der Waals surface area contributed by atoms with Crippen molar-refractivity contribution in [3.63, 3.8) is 0 Å². The average molecular weight is 310 g/mol. The molecule has 2 rings (SSSR count). The Morgan fingerprint density at radius 3 is 2.60 bits per heavy atom. The smallest absolute Gasteiger partial charge is 0.204 e. The molecule has 0 radical (unpaired) electrons. The second-order valence-electron chi connectivity index (χ2n) is 4.29. The number of rotatable bonds is 4. The number of nitrogen functional groups attached to an aromatic ring is 1. The highest BCUT2D eigenvalue weighted by Crippen LogP contribution is 2.25. The van der Waals surface area contributed by atoms with E-state index in [1.807, 2.05) is 0 Å². The summed E-state index contributed by atoms with van der Waals surface area (Å²) in [6, 6.07) is 11.7. The van der Waals surface area contributed by atoms with Crippen LogP contribution in [-0.2, 0) is 0 Å². The summed E-state index contributed by atoms with van der Waals surface area (Å²) in [6.07, 6.45) is -0.712. The van der Waals surface area contributed by atoms with Gasteiger partial charge in [-0.1, -0.05) is 35.3 Å². The van der Waals surface area contributed by atoms with Gasteiger partial charge in [0.25, 0.3) is 0 Å². The average Bonchev–Trinajstić information content (AvgIpc) is 2.43. The van der Waals surface area contributed by atoms with Crippen molar-refractivity contribution in [2.24, 2.45) is 0 Å². The van der Waals surface area contributed by atoms with Crippen LogP contribution in [0.25, 0.3) is 0 Å². The number of ether oxygens (including phenoxy) is 1. The number of benzene rings is 2. The van der Waals surface area contributed by atoms with Gasteiger partial charge in [0.05, 0.1) is 10.7 Å². The topological polar surface area (TPSA) is 52.3 Å². The van der Waals surface area contributed by atoms with E-state index in [9.17, 15) is 4.79 Å². The Kier molecular flexibility index (Phi) is 4.53. The molecule has 0 fully saturated rings. The maximum Gasteiger partial charge on any atom is 0.204 e.